The highest BCUT2D eigenvalue weighted by molar-refractivity contribution is 5.38. The van der Waals surface area contributed by atoms with Crippen molar-refractivity contribution in [3.8, 4) is 0 Å². The van der Waals surface area contributed by atoms with Gasteiger partial charge in [0, 0.05) is 0 Å². The molecule has 0 atom stereocenters. The molecule has 0 saturated carbocycles. The van der Waals surface area contributed by atoms with Crippen LogP contribution in [-0.2, 0) is 0 Å². The highest BCUT2D eigenvalue weighted by Gasteiger charge is 2.51. The molecule has 0 amide bonds. The summed E-state index contributed by atoms with van der Waals surface area (Å²) in [6.45, 7) is 0. The van der Waals surface area contributed by atoms with E-state index in [9.17, 15) is 30.7 Å². The Bertz CT molecular complexity index is 360. The van der Waals surface area contributed by atoms with Crippen molar-refractivity contribution < 1.29 is 30.7 Å². The summed E-state index contributed by atoms with van der Waals surface area (Å²) in [5.74, 6) is -18.2. The van der Waals surface area contributed by atoms with Gasteiger partial charge < -0.3 is 0 Å². The van der Waals surface area contributed by atoms with Crippen LogP contribution in [0, 0.1) is 6.08 Å². The van der Waals surface area contributed by atoms with Crippen LogP contribution in [0.5, 0.6) is 0 Å². The first-order valence-corrected chi connectivity index (χ1v) is 3.07. The summed E-state index contributed by atoms with van der Waals surface area (Å²) in [7, 11) is 0. The van der Waals surface area contributed by atoms with Crippen LogP contribution < -0.4 is 0 Å². The molecule has 0 aromatic carbocycles. The number of hydrogen-bond donors (Lipinski definition) is 0. The molecule has 0 heterocycles. The van der Waals surface area contributed by atoms with Crippen molar-refractivity contribution in [1.82, 2.24) is 0 Å². The highest BCUT2D eigenvalue weighted by atomic mass is 19.3. The standard InChI is InChI=1S/C7F7/c8-2-1-7(13,14)6(12)5(11)4(10)3(2)9/q+1. The van der Waals surface area contributed by atoms with Gasteiger partial charge in [0.25, 0.3) is 5.83 Å². The minimum absolute atomic E-state index is 0.349. The van der Waals surface area contributed by atoms with Crippen molar-refractivity contribution in [1.29, 1.82) is 0 Å². The van der Waals surface area contributed by atoms with E-state index in [1.54, 1.807) is 0 Å². The lowest BCUT2D eigenvalue weighted by Crippen LogP contribution is -2.14. The predicted molar refractivity (Wildman–Crippen MR) is 31.3 cm³/mol. The smallest absolute Gasteiger partial charge is 0.198 e. The number of hydrogen-bond acceptors (Lipinski definition) is 0. The second kappa shape index (κ2) is 3.09. The molecule has 0 unspecified atom stereocenters. The molecule has 0 radical (unpaired) electrons. The molecule has 1 rings (SSSR count). The average Bonchev–Trinajstić information content (AvgIpc) is 2.14. The van der Waals surface area contributed by atoms with Crippen molar-refractivity contribution >= 4 is 0 Å². The van der Waals surface area contributed by atoms with E-state index < -0.39 is 35.1 Å². The van der Waals surface area contributed by atoms with Gasteiger partial charge in [-0.2, -0.15) is 22.0 Å². The molecule has 14 heavy (non-hydrogen) atoms. The summed E-state index contributed by atoms with van der Waals surface area (Å²) >= 11 is 0. The monoisotopic (exact) mass is 217 g/mol. The zero-order valence-electron chi connectivity index (χ0n) is 6.15. The van der Waals surface area contributed by atoms with E-state index in [1.165, 1.54) is 0 Å². The lowest BCUT2D eigenvalue weighted by Gasteiger charge is -1.99. The number of allylic oxidation sites excluding steroid dienone is 6. The van der Waals surface area contributed by atoms with Gasteiger partial charge in [0.2, 0.25) is 11.7 Å². The van der Waals surface area contributed by atoms with E-state index in [1.807, 2.05) is 0 Å². The van der Waals surface area contributed by atoms with Crippen molar-refractivity contribution in [2.75, 3.05) is 0 Å². The first-order chi connectivity index (χ1) is 6.27. The van der Waals surface area contributed by atoms with Crippen LogP contribution in [0.1, 0.15) is 0 Å². The average molecular weight is 217 g/mol. The van der Waals surface area contributed by atoms with Gasteiger partial charge in [-0.3, -0.25) is 0 Å². The lowest BCUT2D eigenvalue weighted by atomic mass is 10.2. The van der Waals surface area contributed by atoms with Gasteiger partial charge in [-0.25, -0.2) is 0 Å². The normalized spacial score (nSPS) is 21.8. The third-order valence-corrected chi connectivity index (χ3v) is 1.31. The molecule has 0 saturated heterocycles. The van der Waals surface area contributed by atoms with Crippen LogP contribution in [-0.4, -0.2) is 5.92 Å². The number of alkyl halides is 2. The van der Waals surface area contributed by atoms with E-state index >= 15 is 0 Å². The molecule has 0 aromatic heterocycles. The SMILES string of the molecule is FC1=[C+]C(F)(F)C(F)=C(F)C(F)=C1F. The predicted octanol–water partition coefficient (Wildman–Crippen LogP) is 3.59. The fraction of sp³-hybridized carbons (Fsp3) is 0.143. The Hall–Kier alpha value is -1.36. The quantitative estimate of drug-likeness (QED) is 0.429. The minimum atomic E-state index is -4.82. The van der Waals surface area contributed by atoms with E-state index in [2.05, 4.69) is 0 Å². The summed E-state index contributed by atoms with van der Waals surface area (Å²) in [5, 5.41) is 0. The van der Waals surface area contributed by atoms with Gasteiger partial charge in [0.05, 0.1) is 0 Å². The topological polar surface area (TPSA) is 0 Å². The second-order valence-corrected chi connectivity index (χ2v) is 2.27. The highest BCUT2D eigenvalue weighted by Crippen LogP contribution is 2.39. The van der Waals surface area contributed by atoms with Crippen LogP contribution in [0.3, 0.4) is 0 Å². The zero-order valence-corrected chi connectivity index (χ0v) is 6.15. The first kappa shape index (κ1) is 10.7. The molecule has 1 aliphatic rings. The first-order valence-electron chi connectivity index (χ1n) is 3.07. The van der Waals surface area contributed by atoms with Crippen LogP contribution in [0.25, 0.3) is 0 Å². The third kappa shape index (κ3) is 1.50. The molecule has 0 spiro atoms. The van der Waals surface area contributed by atoms with Crippen molar-refractivity contribution in [2.24, 2.45) is 0 Å². The summed E-state index contributed by atoms with van der Waals surface area (Å²) in [6.07, 6.45) is 0.349. The minimum Gasteiger partial charge on any atom is -0.198 e. The zero-order chi connectivity index (χ0) is 11.1. The molecule has 1 aliphatic carbocycles. The van der Waals surface area contributed by atoms with E-state index in [0.717, 1.165) is 0 Å². The van der Waals surface area contributed by atoms with Gasteiger partial charge in [0.15, 0.2) is 6.08 Å². The van der Waals surface area contributed by atoms with Crippen LogP contribution >= 0.6 is 0 Å². The Morgan fingerprint density at radius 1 is 0.786 bits per heavy atom. The third-order valence-electron chi connectivity index (χ3n) is 1.31. The molecule has 0 nitrogen and oxygen atoms in total. The Balaban J connectivity index is 3.46. The van der Waals surface area contributed by atoms with E-state index in [-0.39, 0.29) is 0 Å². The Labute approximate surface area is 73.0 Å². The fourth-order valence-corrected chi connectivity index (χ4v) is 0.674. The number of halogens is 7. The molecular formula is C7F7+. The van der Waals surface area contributed by atoms with Crippen LogP contribution in [0.15, 0.2) is 29.1 Å². The maximum absolute atomic E-state index is 12.3. The van der Waals surface area contributed by atoms with Crippen molar-refractivity contribution in [2.45, 2.75) is 5.92 Å². The van der Waals surface area contributed by atoms with Gasteiger partial charge in [-0.05, 0) is 0 Å². The molecule has 0 fully saturated rings. The van der Waals surface area contributed by atoms with Gasteiger partial charge in [-0.1, -0.05) is 4.39 Å². The molecule has 0 aliphatic heterocycles. The van der Waals surface area contributed by atoms with Gasteiger partial charge in [0.1, 0.15) is 0 Å². The lowest BCUT2D eigenvalue weighted by molar-refractivity contribution is 0.0563. The largest absolute Gasteiger partial charge is 0.441 e. The molecule has 0 aromatic rings. The van der Waals surface area contributed by atoms with Gasteiger partial charge in [-0.15, -0.1) is 4.39 Å². The maximum Gasteiger partial charge on any atom is 0.441 e. The molecular weight excluding hydrogens is 217 g/mol. The summed E-state index contributed by atoms with van der Waals surface area (Å²) in [4.78, 5) is 0. The summed E-state index contributed by atoms with van der Waals surface area (Å²) < 4.78 is 85.9. The molecule has 76 valence electrons. The summed E-state index contributed by atoms with van der Waals surface area (Å²) in [6, 6.07) is 0. The second-order valence-electron chi connectivity index (χ2n) is 2.27. The number of rotatable bonds is 0. The van der Waals surface area contributed by atoms with Crippen LogP contribution in [0.4, 0.5) is 30.7 Å². The fourth-order valence-electron chi connectivity index (χ4n) is 0.674. The maximum atomic E-state index is 12.3. The Morgan fingerprint density at radius 3 is 1.79 bits per heavy atom. The van der Waals surface area contributed by atoms with Crippen molar-refractivity contribution in [3.63, 3.8) is 0 Å². The van der Waals surface area contributed by atoms with Crippen LogP contribution in [0.2, 0.25) is 0 Å². The van der Waals surface area contributed by atoms with Crippen molar-refractivity contribution in [3.05, 3.63) is 35.2 Å². The molecule has 7 heteroatoms. The van der Waals surface area contributed by atoms with E-state index in [0.29, 0.717) is 6.08 Å². The summed E-state index contributed by atoms with van der Waals surface area (Å²) in [5.41, 5.74) is 0. The Kier molecular flexibility index (Phi) is 2.37. The van der Waals surface area contributed by atoms with Gasteiger partial charge >= 0.3 is 17.6 Å². The molecule has 0 bridgehead atoms. The molecule has 0 N–H and O–H groups in total. The van der Waals surface area contributed by atoms with E-state index in [4.69, 9.17) is 0 Å². The Morgan fingerprint density at radius 2 is 1.29 bits per heavy atom.